The largest absolute Gasteiger partial charge is 0.123 e. The second kappa shape index (κ2) is 5.01. The van der Waals surface area contributed by atoms with Crippen LogP contribution >= 0.6 is 46.4 Å². The summed E-state index contributed by atoms with van der Waals surface area (Å²) in [6.07, 6.45) is 1.13. The Morgan fingerprint density at radius 2 is 1.27 bits per heavy atom. The molecule has 0 spiro atoms. The molecule has 0 aliphatic heterocycles. The maximum Gasteiger partial charge on any atom is 0.121 e. The van der Waals surface area contributed by atoms with Gasteiger partial charge in [0.25, 0.3) is 0 Å². The predicted molar refractivity (Wildman–Crippen MR) is 54.3 cm³/mol. The Hall–Kier alpha value is 1.16. The van der Waals surface area contributed by atoms with E-state index >= 15 is 0 Å². The van der Waals surface area contributed by atoms with Gasteiger partial charge in [0, 0.05) is 10.8 Å². The molecule has 0 saturated heterocycles. The molecule has 2 atom stereocenters. The van der Waals surface area contributed by atoms with Crippen molar-refractivity contribution in [3.63, 3.8) is 0 Å². The van der Waals surface area contributed by atoms with Crippen LogP contribution in [-0.2, 0) is 0 Å². The van der Waals surface area contributed by atoms with Gasteiger partial charge in [-0.05, 0) is 26.7 Å². The first-order chi connectivity index (χ1) is 4.83. The average Bonchev–Trinajstić information content (AvgIpc) is 1.53. The van der Waals surface area contributed by atoms with Gasteiger partial charge >= 0.3 is 0 Å². The van der Waals surface area contributed by atoms with E-state index < -0.39 is 4.33 Å². The summed E-state index contributed by atoms with van der Waals surface area (Å²) in [6.45, 7) is 3.72. The predicted octanol–water partition coefficient (Wildman–Crippen LogP) is 4.20. The van der Waals surface area contributed by atoms with Gasteiger partial charge in [0.2, 0.25) is 0 Å². The molecule has 0 heterocycles. The zero-order valence-corrected chi connectivity index (χ0v) is 9.60. The van der Waals surface area contributed by atoms with Gasteiger partial charge in [0.15, 0.2) is 0 Å². The molecule has 4 heteroatoms. The van der Waals surface area contributed by atoms with E-state index in [4.69, 9.17) is 46.4 Å². The van der Waals surface area contributed by atoms with Gasteiger partial charge in [0.05, 0.1) is 0 Å². The molecule has 0 rings (SSSR count). The highest BCUT2D eigenvalue weighted by Crippen LogP contribution is 2.34. The van der Waals surface area contributed by atoms with Crippen molar-refractivity contribution >= 4 is 46.4 Å². The van der Waals surface area contributed by atoms with Gasteiger partial charge < -0.3 is 0 Å². The Morgan fingerprint density at radius 1 is 1.00 bits per heavy atom. The van der Waals surface area contributed by atoms with E-state index in [1.54, 1.807) is 0 Å². The lowest BCUT2D eigenvalue weighted by Gasteiger charge is -2.21. The van der Waals surface area contributed by atoms with Crippen LogP contribution in [0.15, 0.2) is 0 Å². The minimum Gasteiger partial charge on any atom is -0.123 e. The highest BCUT2D eigenvalue weighted by molar-refractivity contribution is 6.49. The molecule has 0 fully saturated rings. The Labute approximate surface area is 88.1 Å². The van der Waals surface area contributed by atoms with Gasteiger partial charge in [-0.2, -0.15) is 0 Å². The number of halogens is 4. The summed E-state index contributed by atoms with van der Waals surface area (Å²) in [5, 5.41) is -0.0270. The third kappa shape index (κ3) is 7.52. The molecule has 0 aliphatic carbocycles. The fraction of sp³-hybridized carbons (Fsp3) is 1.00. The molecule has 0 N–H and O–H groups in total. The Morgan fingerprint density at radius 3 is 1.45 bits per heavy atom. The van der Waals surface area contributed by atoms with Gasteiger partial charge in [-0.1, -0.05) is 0 Å². The molecule has 0 aromatic carbocycles. The third-order valence-corrected chi connectivity index (χ3v) is 2.09. The van der Waals surface area contributed by atoms with Crippen LogP contribution in [0.25, 0.3) is 0 Å². The van der Waals surface area contributed by atoms with E-state index in [1.807, 2.05) is 13.8 Å². The van der Waals surface area contributed by atoms with Gasteiger partial charge in [-0.15, -0.1) is 46.4 Å². The summed E-state index contributed by atoms with van der Waals surface area (Å²) >= 11 is 23.3. The average molecular weight is 238 g/mol. The van der Waals surface area contributed by atoms with Gasteiger partial charge in [-0.3, -0.25) is 0 Å². The van der Waals surface area contributed by atoms with Crippen molar-refractivity contribution in [3.8, 4) is 0 Å². The third-order valence-electron chi connectivity index (χ3n) is 1.16. The van der Waals surface area contributed by atoms with E-state index in [9.17, 15) is 0 Å². The number of hydrogen-bond donors (Lipinski definition) is 0. The van der Waals surface area contributed by atoms with Crippen LogP contribution in [0.3, 0.4) is 0 Å². The van der Waals surface area contributed by atoms with Crippen LogP contribution in [0.1, 0.15) is 26.7 Å². The lowest BCUT2D eigenvalue weighted by Crippen LogP contribution is -2.20. The summed E-state index contributed by atoms with van der Waals surface area (Å²) in [4.78, 5) is 0. The van der Waals surface area contributed by atoms with Crippen molar-refractivity contribution in [2.24, 2.45) is 0 Å². The fourth-order valence-electron chi connectivity index (χ4n) is 0.906. The van der Waals surface area contributed by atoms with Crippen molar-refractivity contribution < 1.29 is 0 Å². The van der Waals surface area contributed by atoms with E-state index in [-0.39, 0.29) is 10.8 Å². The quantitative estimate of drug-likeness (QED) is 0.644. The minimum atomic E-state index is -0.775. The lowest BCUT2D eigenvalue weighted by atomic mass is 10.1. The Kier molecular flexibility index (Phi) is 5.54. The maximum absolute atomic E-state index is 5.92. The van der Waals surface area contributed by atoms with E-state index in [1.165, 1.54) is 0 Å². The van der Waals surface area contributed by atoms with E-state index in [0.717, 1.165) is 0 Å². The molecule has 11 heavy (non-hydrogen) atoms. The monoisotopic (exact) mass is 236 g/mol. The second-order valence-electron chi connectivity index (χ2n) is 2.83. The molecule has 0 radical (unpaired) electrons. The molecule has 0 amide bonds. The smallest absolute Gasteiger partial charge is 0.121 e. The molecule has 0 nitrogen and oxygen atoms in total. The molecular weight excluding hydrogens is 226 g/mol. The zero-order valence-electron chi connectivity index (χ0n) is 6.58. The van der Waals surface area contributed by atoms with Crippen LogP contribution in [0, 0.1) is 0 Å². The van der Waals surface area contributed by atoms with Crippen molar-refractivity contribution in [1.29, 1.82) is 0 Å². The van der Waals surface area contributed by atoms with E-state index in [0.29, 0.717) is 12.8 Å². The van der Waals surface area contributed by atoms with Crippen LogP contribution in [-0.4, -0.2) is 15.1 Å². The van der Waals surface area contributed by atoms with Crippen LogP contribution in [0.5, 0.6) is 0 Å². The number of alkyl halides is 4. The SMILES string of the molecule is CC(Cl)CC(Cl)(Cl)CC(C)Cl. The van der Waals surface area contributed by atoms with Crippen LogP contribution < -0.4 is 0 Å². The molecule has 0 aromatic rings. The topological polar surface area (TPSA) is 0 Å². The summed E-state index contributed by atoms with van der Waals surface area (Å²) in [5.74, 6) is 0. The molecule has 68 valence electrons. The first-order valence-electron chi connectivity index (χ1n) is 3.49. The zero-order chi connectivity index (χ0) is 9.07. The minimum absolute atomic E-state index is 0.0135. The first kappa shape index (κ1) is 12.2. The van der Waals surface area contributed by atoms with Crippen molar-refractivity contribution in [3.05, 3.63) is 0 Å². The lowest BCUT2D eigenvalue weighted by molar-refractivity contribution is 0.624. The first-order valence-corrected chi connectivity index (χ1v) is 5.12. The molecule has 0 aliphatic rings. The Balaban J connectivity index is 3.79. The van der Waals surface area contributed by atoms with Crippen LogP contribution in [0.2, 0.25) is 0 Å². The van der Waals surface area contributed by atoms with Gasteiger partial charge in [0.1, 0.15) is 4.33 Å². The van der Waals surface area contributed by atoms with Crippen molar-refractivity contribution in [2.45, 2.75) is 41.8 Å². The second-order valence-corrected chi connectivity index (χ2v) is 5.96. The fourth-order valence-corrected chi connectivity index (χ4v) is 2.67. The van der Waals surface area contributed by atoms with E-state index in [2.05, 4.69) is 0 Å². The standard InChI is InChI=1S/C7H12Cl4/c1-5(8)3-7(10,11)4-6(2)9/h5-6H,3-4H2,1-2H3. The summed E-state index contributed by atoms with van der Waals surface area (Å²) in [7, 11) is 0. The normalized spacial score (nSPS) is 18.0. The summed E-state index contributed by atoms with van der Waals surface area (Å²) in [5.41, 5.74) is 0. The van der Waals surface area contributed by atoms with Crippen LogP contribution in [0.4, 0.5) is 0 Å². The maximum atomic E-state index is 5.92. The van der Waals surface area contributed by atoms with Crippen molar-refractivity contribution in [1.82, 2.24) is 0 Å². The molecular formula is C7H12Cl4. The summed E-state index contributed by atoms with van der Waals surface area (Å²) < 4.78 is -0.775. The molecule has 0 saturated carbocycles. The highest BCUT2D eigenvalue weighted by atomic mass is 35.5. The molecule has 0 bridgehead atoms. The van der Waals surface area contributed by atoms with Crippen molar-refractivity contribution in [2.75, 3.05) is 0 Å². The van der Waals surface area contributed by atoms with Gasteiger partial charge in [-0.25, -0.2) is 0 Å². The highest BCUT2D eigenvalue weighted by Gasteiger charge is 2.27. The summed E-state index contributed by atoms with van der Waals surface area (Å²) in [6, 6.07) is 0. The molecule has 0 aromatic heterocycles. The molecule has 2 unspecified atom stereocenters. The Bertz CT molecular complexity index is 97.0. The number of hydrogen-bond acceptors (Lipinski definition) is 0. The number of rotatable bonds is 4.